The summed E-state index contributed by atoms with van der Waals surface area (Å²) in [5.41, 5.74) is -0.521. The van der Waals surface area contributed by atoms with Gasteiger partial charge >= 0.3 is 0 Å². The fourth-order valence-corrected chi connectivity index (χ4v) is 2.35. The third kappa shape index (κ3) is 2.12. The lowest BCUT2D eigenvalue weighted by atomic mass is 9.98. The largest absolute Gasteiger partial charge is 0.352 e. The SMILES string of the molecule is CC1(C)C(=O)NCCN1C(=O)c1ncccc1Br. The highest BCUT2D eigenvalue weighted by atomic mass is 79.9. The summed E-state index contributed by atoms with van der Waals surface area (Å²) in [4.78, 5) is 29.9. The topological polar surface area (TPSA) is 62.3 Å². The first-order chi connectivity index (χ1) is 8.44. The van der Waals surface area contributed by atoms with Gasteiger partial charge in [0.05, 0.1) is 0 Å². The van der Waals surface area contributed by atoms with Crippen molar-refractivity contribution in [1.29, 1.82) is 0 Å². The van der Waals surface area contributed by atoms with Crippen molar-refractivity contribution in [2.24, 2.45) is 0 Å². The number of pyridine rings is 1. The van der Waals surface area contributed by atoms with Crippen molar-refractivity contribution in [3.63, 3.8) is 0 Å². The van der Waals surface area contributed by atoms with Crippen LogP contribution >= 0.6 is 15.9 Å². The van der Waals surface area contributed by atoms with E-state index in [1.807, 2.05) is 0 Å². The number of hydrogen-bond donors (Lipinski definition) is 1. The summed E-state index contributed by atoms with van der Waals surface area (Å²) in [6.45, 7) is 4.42. The molecule has 0 saturated carbocycles. The molecule has 0 unspecified atom stereocenters. The number of aromatic nitrogens is 1. The number of halogens is 1. The fraction of sp³-hybridized carbons (Fsp3) is 0.417. The average Bonchev–Trinajstić information content (AvgIpc) is 2.32. The maximum absolute atomic E-state index is 12.4. The summed E-state index contributed by atoms with van der Waals surface area (Å²) in [7, 11) is 0. The van der Waals surface area contributed by atoms with Gasteiger partial charge in [-0.15, -0.1) is 0 Å². The van der Waals surface area contributed by atoms with Gasteiger partial charge in [-0.3, -0.25) is 9.59 Å². The molecule has 5 nitrogen and oxygen atoms in total. The molecule has 1 aliphatic rings. The minimum Gasteiger partial charge on any atom is -0.352 e. The Hall–Kier alpha value is -1.43. The Morgan fingerprint density at radius 1 is 1.56 bits per heavy atom. The molecule has 0 atom stereocenters. The minimum atomic E-state index is -0.855. The average molecular weight is 312 g/mol. The Morgan fingerprint density at radius 3 is 2.94 bits per heavy atom. The maximum atomic E-state index is 12.4. The molecule has 1 aliphatic heterocycles. The van der Waals surface area contributed by atoms with E-state index in [0.717, 1.165) is 0 Å². The summed E-state index contributed by atoms with van der Waals surface area (Å²) in [6.07, 6.45) is 1.56. The number of hydrogen-bond acceptors (Lipinski definition) is 3. The molecule has 18 heavy (non-hydrogen) atoms. The summed E-state index contributed by atoms with van der Waals surface area (Å²) in [5.74, 6) is -0.378. The smallest absolute Gasteiger partial charge is 0.274 e. The van der Waals surface area contributed by atoms with E-state index in [2.05, 4.69) is 26.2 Å². The van der Waals surface area contributed by atoms with Crippen molar-refractivity contribution in [2.75, 3.05) is 13.1 Å². The van der Waals surface area contributed by atoms with Gasteiger partial charge in [0.2, 0.25) is 5.91 Å². The van der Waals surface area contributed by atoms with E-state index in [-0.39, 0.29) is 11.8 Å². The normalized spacial score (nSPS) is 18.4. The second kappa shape index (κ2) is 4.68. The molecule has 0 spiro atoms. The standard InChI is InChI=1S/C12H14BrN3O2/c1-12(2)11(18)15-6-7-16(12)10(17)9-8(13)4-3-5-14-9/h3-5H,6-7H2,1-2H3,(H,15,18). The lowest BCUT2D eigenvalue weighted by molar-refractivity contribution is -0.133. The van der Waals surface area contributed by atoms with Gasteiger partial charge < -0.3 is 10.2 Å². The van der Waals surface area contributed by atoms with Crippen molar-refractivity contribution in [1.82, 2.24) is 15.2 Å². The Morgan fingerprint density at radius 2 is 2.28 bits per heavy atom. The van der Waals surface area contributed by atoms with Crippen LogP contribution in [0.1, 0.15) is 24.3 Å². The molecule has 0 aromatic carbocycles. The predicted molar refractivity (Wildman–Crippen MR) is 70.1 cm³/mol. The second-order valence-corrected chi connectivity index (χ2v) is 5.46. The molecule has 1 saturated heterocycles. The molecule has 2 rings (SSSR count). The monoisotopic (exact) mass is 311 g/mol. The van der Waals surface area contributed by atoms with Gasteiger partial charge in [0, 0.05) is 23.8 Å². The van der Waals surface area contributed by atoms with E-state index in [0.29, 0.717) is 23.3 Å². The van der Waals surface area contributed by atoms with Crippen molar-refractivity contribution in [3.05, 3.63) is 28.5 Å². The highest BCUT2D eigenvalue weighted by Crippen LogP contribution is 2.23. The number of rotatable bonds is 1. The summed E-state index contributed by atoms with van der Waals surface area (Å²) in [5, 5.41) is 2.76. The molecule has 0 aliphatic carbocycles. The van der Waals surface area contributed by atoms with Gasteiger partial charge in [0.15, 0.2) is 0 Å². The van der Waals surface area contributed by atoms with Gasteiger partial charge in [-0.1, -0.05) is 0 Å². The van der Waals surface area contributed by atoms with E-state index in [1.165, 1.54) is 0 Å². The number of piperazine rings is 1. The maximum Gasteiger partial charge on any atom is 0.274 e. The first kappa shape index (κ1) is 13.0. The summed E-state index contributed by atoms with van der Waals surface area (Å²) in [6, 6.07) is 3.51. The van der Waals surface area contributed by atoms with E-state index < -0.39 is 5.54 Å². The Kier molecular flexibility index (Phi) is 3.38. The summed E-state index contributed by atoms with van der Waals surface area (Å²) < 4.78 is 0.636. The van der Waals surface area contributed by atoms with Crippen LogP contribution in [0.2, 0.25) is 0 Å². The Balaban J connectivity index is 2.34. The van der Waals surface area contributed by atoms with Gasteiger partial charge in [0.1, 0.15) is 11.2 Å². The van der Waals surface area contributed by atoms with Crippen molar-refractivity contribution in [3.8, 4) is 0 Å². The van der Waals surface area contributed by atoms with Crippen LogP contribution in [0, 0.1) is 0 Å². The molecule has 1 fully saturated rings. The first-order valence-corrected chi connectivity index (χ1v) is 6.44. The van der Waals surface area contributed by atoms with Gasteiger partial charge in [-0.05, 0) is 41.9 Å². The predicted octanol–water partition coefficient (Wildman–Crippen LogP) is 1.19. The number of carbonyl (C=O) groups excluding carboxylic acids is 2. The number of nitrogens with zero attached hydrogens (tertiary/aromatic N) is 2. The van der Waals surface area contributed by atoms with Crippen LogP contribution in [0.5, 0.6) is 0 Å². The van der Waals surface area contributed by atoms with Crippen LogP contribution in [-0.4, -0.2) is 40.3 Å². The molecule has 0 radical (unpaired) electrons. The number of amides is 2. The zero-order valence-electron chi connectivity index (χ0n) is 10.2. The number of nitrogens with one attached hydrogen (secondary N) is 1. The van der Waals surface area contributed by atoms with E-state index in [1.54, 1.807) is 37.1 Å². The highest BCUT2D eigenvalue weighted by molar-refractivity contribution is 9.10. The molecule has 1 N–H and O–H groups in total. The molecule has 96 valence electrons. The minimum absolute atomic E-state index is 0.144. The van der Waals surface area contributed by atoms with E-state index in [9.17, 15) is 9.59 Å². The first-order valence-electron chi connectivity index (χ1n) is 5.65. The second-order valence-electron chi connectivity index (χ2n) is 4.61. The highest BCUT2D eigenvalue weighted by Gasteiger charge is 2.41. The molecular weight excluding hydrogens is 298 g/mol. The molecule has 2 heterocycles. The zero-order valence-corrected chi connectivity index (χ0v) is 11.8. The fourth-order valence-electron chi connectivity index (χ4n) is 1.93. The number of carbonyl (C=O) groups is 2. The Labute approximate surface area is 114 Å². The molecule has 2 amide bonds. The van der Waals surface area contributed by atoms with Crippen molar-refractivity contribution >= 4 is 27.7 Å². The van der Waals surface area contributed by atoms with Crippen LogP contribution in [0.15, 0.2) is 22.8 Å². The lowest BCUT2D eigenvalue weighted by Crippen LogP contribution is -2.63. The lowest BCUT2D eigenvalue weighted by Gasteiger charge is -2.41. The van der Waals surface area contributed by atoms with E-state index in [4.69, 9.17) is 0 Å². The van der Waals surface area contributed by atoms with Crippen LogP contribution in [-0.2, 0) is 4.79 Å². The molecule has 1 aromatic heterocycles. The van der Waals surface area contributed by atoms with Crippen molar-refractivity contribution in [2.45, 2.75) is 19.4 Å². The van der Waals surface area contributed by atoms with Crippen LogP contribution in [0.4, 0.5) is 0 Å². The van der Waals surface area contributed by atoms with Crippen LogP contribution in [0.3, 0.4) is 0 Å². The van der Waals surface area contributed by atoms with E-state index >= 15 is 0 Å². The Bertz CT molecular complexity index is 502. The molecule has 0 bridgehead atoms. The zero-order chi connectivity index (χ0) is 13.3. The molecular formula is C12H14BrN3O2. The van der Waals surface area contributed by atoms with Crippen LogP contribution < -0.4 is 5.32 Å². The molecule has 6 heteroatoms. The van der Waals surface area contributed by atoms with Gasteiger partial charge in [-0.2, -0.15) is 0 Å². The van der Waals surface area contributed by atoms with Gasteiger partial charge in [0.25, 0.3) is 5.91 Å². The van der Waals surface area contributed by atoms with Crippen LogP contribution in [0.25, 0.3) is 0 Å². The summed E-state index contributed by atoms with van der Waals surface area (Å²) >= 11 is 3.31. The van der Waals surface area contributed by atoms with Crippen molar-refractivity contribution < 1.29 is 9.59 Å². The third-order valence-electron chi connectivity index (χ3n) is 3.06. The quantitative estimate of drug-likeness (QED) is 0.847. The van der Waals surface area contributed by atoms with Gasteiger partial charge in [-0.25, -0.2) is 4.98 Å². The third-order valence-corrected chi connectivity index (χ3v) is 3.70. The molecule has 1 aromatic rings.